The van der Waals surface area contributed by atoms with Crippen molar-refractivity contribution in [2.75, 3.05) is 24.5 Å². The second-order valence-electron chi connectivity index (χ2n) is 7.36. The standard InChI is InChI=1S/C19H21F3N2O5S2/c1-18(27,19(20,21)22)13-4-6-14(7-5-13)24-9-8-23(12-15(24)11-16(25)26)31(28,29)17-3-2-10-30-17/h2-7,10,15,27H,8-9,11-12H2,1H3,(H,25,26)/t15-,18?/m0/s1. The van der Waals surface area contributed by atoms with Gasteiger partial charge in [0.15, 0.2) is 5.60 Å². The first-order valence-corrected chi connectivity index (χ1v) is 11.6. The number of sulfonamides is 1. The molecule has 1 unspecified atom stereocenters. The number of hydrogen-bond donors (Lipinski definition) is 2. The number of alkyl halides is 3. The third kappa shape index (κ3) is 4.71. The number of benzene rings is 1. The van der Waals surface area contributed by atoms with Crippen LogP contribution in [0.25, 0.3) is 0 Å². The van der Waals surface area contributed by atoms with Crippen LogP contribution in [0.2, 0.25) is 0 Å². The molecular formula is C19H21F3N2O5S2. The van der Waals surface area contributed by atoms with Crippen LogP contribution in [0.5, 0.6) is 0 Å². The molecule has 3 rings (SSSR count). The van der Waals surface area contributed by atoms with Gasteiger partial charge in [-0.1, -0.05) is 18.2 Å². The number of aliphatic carboxylic acids is 1. The molecule has 170 valence electrons. The van der Waals surface area contributed by atoms with Gasteiger partial charge in [0.05, 0.1) is 12.5 Å². The van der Waals surface area contributed by atoms with Gasteiger partial charge in [0.1, 0.15) is 4.21 Å². The fourth-order valence-corrected chi connectivity index (χ4v) is 6.05. The van der Waals surface area contributed by atoms with Crippen LogP contribution in [-0.4, -0.2) is 60.8 Å². The zero-order valence-electron chi connectivity index (χ0n) is 16.4. The van der Waals surface area contributed by atoms with Crippen LogP contribution in [-0.2, 0) is 20.4 Å². The smallest absolute Gasteiger partial charge is 0.421 e. The average Bonchev–Trinajstić information content (AvgIpc) is 3.22. The lowest BCUT2D eigenvalue weighted by Crippen LogP contribution is -2.55. The van der Waals surface area contributed by atoms with Gasteiger partial charge in [0.2, 0.25) is 0 Å². The van der Waals surface area contributed by atoms with Gasteiger partial charge in [-0.2, -0.15) is 17.5 Å². The molecule has 2 N–H and O–H groups in total. The Balaban J connectivity index is 1.85. The molecule has 2 heterocycles. The highest BCUT2D eigenvalue weighted by Crippen LogP contribution is 2.39. The molecule has 1 saturated heterocycles. The maximum absolute atomic E-state index is 13.1. The Hall–Kier alpha value is -2.15. The molecule has 12 heteroatoms. The van der Waals surface area contributed by atoms with E-state index in [2.05, 4.69) is 0 Å². The van der Waals surface area contributed by atoms with Gasteiger partial charge >= 0.3 is 12.1 Å². The Bertz CT molecular complexity index is 1020. The summed E-state index contributed by atoms with van der Waals surface area (Å²) in [5.74, 6) is -1.12. The molecular weight excluding hydrogens is 457 g/mol. The van der Waals surface area contributed by atoms with E-state index < -0.39 is 33.8 Å². The average molecular weight is 479 g/mol. The maximum Gasteiger partial charge on any atom is 0.421 e. The fraction of sp³-hybridized carbons (Fsp3) is 0.421. The number of thiophene rings is 1. The first kappa shape index (κ1) is 23.5. The quantitative estimate of drug-likeness (QED) is 0.663. The molecule has 0 bridgehead atoms. The van der Waals surface area contributed by atoms with E-state index in [1.807, 2.05) is 0 Å². The minimum atomic E-state index is -4.86. The molecule has 1 fully saturated rings. The van der Waals surface area contributed by atoms with Crippen LogP contribution in [0.15, 0.2) is 46.0 Å². The molecule has 0 aliphatic carbocycles. The van der Waals surface area contributed by atoms with Crippen molar-refractivity contribution in [3.63, 3.8) is 0 Å². The van der Waals surface area contributed by atoms with Crippen molar-refractivity contribution in [3.05, 3.63) is 47.3 Å². The lowest BCUT2D eigenvalue weighted by atomic mass is 9.95. The molecule has 0 amide bonds. The zero-order chi connectivity index (χ0) is 23.0. The van der Waals surface area contributed by atoms with Crippen molar-refractivity contribution in [3.8, 4) is 0 Å². The van der Waals surface area contributed by atoms with Crippen LogP contribution in [0, 0.1) is 0 Å². The topological polar surface area (TPSA) is 98.2 Å². The minimum absolute atomic E-state index is 0.0749. The molecule has 0 saturated carbocycles. The summed E-state index contributed by atoms with van der Waals surface area (Å²) in [6, 6.07) is 7.38. The molecule has 7 nitrogen and oxygen atoms in total. The maximum atomic E-state index is 13.1. The van der Waals surface area contributed by atoms with Crippen LogP contribution in [0.1, 0.15) is 18.9 Å². The summed E-state index contributed by atoms with van der Waals surface area (Å²) >= 11 is 1.07. The normalized spacial score (nSPS) is 20.4. The molecule has 1 aromatic carbocycles. The second kappa shape index (κ2) is 8.41. The fourth-order valence-electron chi connectivity index (χ4n) is 3.44. The van der Waals surface area contributed by atoms with Gasteiger partial charge in [0.25, 0.3) is 10.0 Å². The lowest BCUT2D eigenvalue weighted by Gasteiger charge is -2.41. The number of rotatable bonds is 6. The van der Waals surface area contributed by atoms with E-state index in [1.54, 1.807) is 16.3 Å². The molecule has 0 radical (unpaired) electrons. The minimum Gasteiger partial charge on any atom is -0.481 e. The van der Waals surface area contributed by atoms with E-state index in [1.165, 1.54) is 22.5 Å². The highest BCUT2D eigenvalue weighted by molar-refractivity contribution is 7.91. The molecule has 2 aromatic rings. The summed E-state index contributed by atoms with van der Waals surface area (Å²) in [5, 5.41) is 20.7. The number of nitrogens with zero attached hydrogens (tertiary/aromatic N) is 2. The van der Waals surface area contributed by atoms with Crippen molar-refractivity contribution in [2.24, 2.45) is 0 Å². The number of piperazine rings is 1. The highest BCUT2D eigenvalue weighted by Gasteiger charge is 2.51. The Morgan fingerprint density at radius 3 is 2.35 bits per heavy atom. The number of carboxylic acids is 1. The van der Waals surface area contributed by atoms with Crippen molar-refractivity contribution < 1.29 is 36.6 Å². The molecule has 1 aliphatic heterocycles. The molecule has 31 heavy (non-hydrogen) atoms. The molecule has 1 aliphatic rings. The summed E-state index contributed by atoms with van der Waals surface area (Å²) in [4.78, 5) is 13.0. The summed E-state index contributed by atoms with van der Waals surface area (Å²) in [7, 11) is -3.76. The predicted molar refractivity (Wildman–Crippen MR) is 109 cm³/mol. The van der Waals surface area contributed by atoms with Crippen molar-refractivity contribution in [2.45, 2.75) is 35.4 Å². The van der Waals surface area contributed by atoms with E-state index in [4.69, 9.17) is 0 Å². The first-order chi connectivity index (χ1) is 14.3. The van der Waals surface area contributed by atoms with E-state index in [9.17, 15) is 36.6 Å². The Morgan fingerprint density at radius 1 is 1.19 bits per heavy atom. The Labute approximate surface area is 181 Å². The first-order valence-electron chi connectivity index (χ1n) is 9.26. The lowest BCUT2D eigenvalue weighted by molar-refractivity contribution is -0.258. The van der Waals surface area contributed by atoms with E-state index >= 15 is 0 Å². The number of halogens is 3. The monoisotopic (exact) mass is 478 g/mol. The summed E-state index contributed by atoms with van der Waals surface area (Å²) in [6.07, 6.45) is -5.21. The van der Waals surface area contributed by atoms with E-state index in [0.29, 0.717) is 12.6 Å². The highest BCUT2D eigenvalue weighted by atomic mass is 32.2. The van der Waals surface area contributed by atoms with Crippen LogP contribution in [0.4, 0.5) is 18.9 Å². The van der Waals surface area contributed by atoms with Crippen molar-refractivity contribution >= 4 is 33.0 Å². The third-order valence-electron chi connectivity index (χ3n) is 5.26. The number of carbonyl (C=O) groups is 1. The molecule has 2 atom stereocenters. The zero-order valence-corrected chi connectivity index (χ0v) is 18.0. The van der Waals surface area contributed by atoms with Gasteiger partial charge in [-0.3, -0.25) is 4.79 Å². The van der Waals surface area contributed by atoms with Crippen LogP contribution in [0.3, 0.4) is 0 Å². The number of carboxylic acid groups (broad SMARTS) is 1. The van der Waals surface area contributed by atoms with E-state index in [0.717, 1.165) is 23.5 Å². The Kier molecular flexibility index (Phi) is 6.38. The van der Waals surface area contributed by atoms with Gasteiger partial charge < -0.3 is 15.1 Å². The van der Waals surface area contributed by atoms with Crippen LogP contribution < -0.4 is 4.90 Å². The van der Waals surface area contributed by atoms with Crippen LogP contribution >= 0.6 is 11.3 Å². The number of anilines is 1. The van der Waals surface area contributed by atoms with Gasteiger partial charge in [-0.15, -0.1) is 11.3 Å². The predicted octanol–water partition coefficient (Wildman–Crippen LogP) is 2.87. The second-order valence-corrected chi connectivity index (χ2v) is 10.5. The Morgan fingerprint density at radius 2 is 1.84 bits per heavy atom. The largest absolute Gasteiger partial charge is 0.481 e. The molecule has 1 aromatic heterocycles. The van der Waals surface area contributed by atoms with Crippen molar-refractivity contribution in [1.29, 1.82) is 0 Å². The van der Waals surface area contributed by atoms with Gasteiger partial charge in [-0.25, -0.2) is 8.42 Å². The molecule has 0 spiro atoms. The SMILES string of the molecule is CC(O)(c1ccc(N2CCN(S(=O)(=O)c3cccs3)C[C@@H]2CC(=O)O)cc1)C(F)(F)F. The number of aliphatic hydroxyl groups is 1. The summed E-state index contributed by atoms with van der Waals surface area (Å²) < 4.78 is 66.2. The van der Waals surface area contributed by atoms with Crippen molar-refractivity contribution in [1.82, 2.24) is 4.31 Å². The number of hydrogen-bond acceptors (Lipinski definition) is 6. The third-order valence-corrected chi connectivity index (χ3v) is 8.50. The summed E-state index contributed by atoms with van der Waals surface area (Å²) in [6.45, 7) is 0.841. The van der Waals surface area contributed by atoms with Gasteiger partial charge in [0, 0.05) is 25.3 Å². The summed E-state index contributed by atoms with van der Waals surface area (Å²) in [5.41, 5.74) is -2.93. The van der Waals surface area contributed by atoms with E-state index in [-0.39, 0.29) is 35.8 Å². The van der Waals surface area contributed by atoms with Gasteiger partial charge in [-0.05, 0) is 36.1 Å².